The molecule has 1 atom stereocenters. The van der Waals surface area contributed by atoms with Crippen LogP contribution in [0.5, 0.6) is 0 Å². The van der Waals surface area contributed by atoms with Gasteiger partial charge in [0.1, 0.15) is 5.01 Å². The molecular formula is C17H29N7S. The summed E-state index contributed by atoms with van der Waals surface area (Å²) in [6.45, 7) is 5.74. The molecule has 2 aromatic rings. The van der Waals surface area contributed by atoms with Gasteiger partial charge in [0.05, 0.1) is 24.5 Å². The maximum absolute atomic E-state index is 4.64. The first-order valence-corrected chi connectivity index (χ1v) is 9.32. The Morgan fingerprint density at radius 1 is 1.36 bits per heavy atom. The molecule has 2 aromatic heterocycles. The third-order valence-electron chi connectivity index (χ3n) is 3.99. The Bertz CT molecular complexity index is 687. The Morgan fingerprint density at radius 2 is 2.12 bits per heavy atom. The van der Waals surface area contributed by atoms with E-state index >= 15 is 0 Å². The maximum atomic E-state index is 4.64. The molecule has 138 valence electrons. The lowest BCUT2D eigenvalue weighted by molar-refractivity contribution is 0.298. The largest absolute Gasteiger partial charge is 0.354 e. The van der Waals surface area contributed by atoms with E-state index in [4.69, 9.17) is 0 Å². The molecule has 0 bridgehead atoms. The molecular weight excluding hydrogens is 334 g/mol. The minimum Gasteiger partial charge on any atom is -0.354 e. The molecule has 0 amide bonds. The van der Waals surface area contributed by atoms with Crippen LogP contribution in [0.1, 0.15) is 42.1 Å². The molecule has 0 saturated heterocycles. The summed E-state index contributed by atoms with van der Waals surface area (Å²) < 4.78 is 1.83. The zero-order valence-electron chi connectivity index (χ0n) is 15.9. The monoisotopic (exact) mass is 363 g/mol. The van der Waals surface area contributed by atoms with E-state index in [0.717, 1.165) is 23.2 Å². The lowest BCUT2D eigenvalue weighted by atomic mass is 10.1. The fourth-order valence-electron chi connectivity index (χ4n) is 2.46. The highest BCUT2D eigenvalue weighted by Gasteiger charge is 2.16. The van der Waals surface area contributed by atoms with Gasteiger partial charge in [0.2, 0.25) is 0 Å². The smallest absolute Gasteiger partial charge is 0.191 e. The van der Waals surface area contributed by atoms with Gasteiger partial charge in [0, 0.05) is 37.8 Å². The zero-order valence-corrected chi connectivity index (χ0v) is 16.8. The standard InChI is InChI=1S/C17H29N7S/c1-12(2)14-11-25-16(22-14)9-20-17(18-3)19-8-15(23(4)5)13-7-21-24(6)10-13/h7,10-12,15H,8-9H2,1-6H3,(H2,18,19,20). The summed E-state index contributed by atoms with van der Waals surface area (Å²) >= 11 is 1.68. The summed E-state index contributed by atoms with van der Waals surface area (Å²) in [5.41, 5.74) is 2.32. The maximum Gasteiger partial charge on any atom is 0.191 e. The van der Waals surface area contributed by atoms with E-state index in [1.807, 2.05) is 24.1 Å². The second-order valence-corrected chi connectivity index (χ2v) is 7.50. The Balaban J connectivity index is 1.90. The van der Waals surface area contributed by atoms with Crippen LogP contribution < -0.4 is 10.6 Å². The summed E-state index contributed by atoms with van der Waals surface area (Å²) in [5.74, 6) is 1.24. The molecule has 0 aromatic carbocycles. The second kappa shape index (κ2) is 8.96. The van der Waals surface area contributed by atoms with Crippen molar-refractivity contribution in [1.29, 1.82) is 0 Å². The van der Waals surface area contributed by atoms with Crippen molar-refractivity contribution in [2.24, 2.45) is 12.0 Å². The first-order valence-electron chi connectivity index (χ1n) is 8.44. The molecule has 25 heavy (non-hydrogen) atoms. The molecule has 1 unspecified atom stereocenters. The highest BCUT2D eigenvalue weighted by atomic mass is 32.1. The van der Waals surface area contributed by atoms with Crippen molar-refractivity contribution in [3.8, 4) is 0 Å². The van der Waals surface area contributed by atoms with E-state index in [1.165, 1.54) is 5.56 Å². The van der Waals surface area contributed by atoms with Crippen LogP contribution >= 0.6 is 11.3 Å². The minimum atomic E-state index is 0.222. The predicted molar refractivity (Wildman–Crippen MR) is 104 cm³/mol. The number of thiazole rings is 1. The quantitative estimate of drug-likeness (QED) is 0.581. The fourth-order valence-corrected chi connectivity index (χ4v) is 3.35. The van der Waals surface area contributed by atoms with Gasteiger partial charge in [-0.15, -0.1) is 11.3 Å². The van der Waals surface area contributed by atoms with Gasteiger partial charge >= 0.3 is 0 Å². The highest BCUT2D eigenvalue weighted by molar-refractivity contribution is 7.09. The van der Waals surface area contributed by atoms with E-state index in [-0.39, 0.29) is 6.04 Å². The van der Waals surface area contributed by atoms with Crippen molar-refractivity contribution in [3.63, 3.8) is 0 Å². The number of aromatic nitrogens is 3. The van der Waals surface area contributed by atoms with Gasteiger partial charge in [0.15, 0.2) is 5.96 Å². The Labute approximate surface area is 154 Å². The number of hydrogen-bond donors (Lipinski definition) is 2. The first-order chi connectivity index (χ1) is 11.9. The van der Waals surface area contributed by atoms with Crippen molar-refractivity contribution in [2.45, 2.75) is 32.4 Å². The number of likely N-dealkylation sites (N-methyl/N-ethyl adjacent to an activating group) is 1. The van der Waals surface area contributed by atoms with Gasteiger partial charge in [-0.2, -0.15) is 5.10 Å². The lowest BCUT2D eigenvalue weighted by Gasteiger charge is -2.24. The minimum absolute atomic E-state index is 0.222. The number of aliphatic imine (C=N–C) groups is 1. The van der Waals surface area contributed by atoms with Gasteiger partial charge in [-0.1, -0.05) is 13.8 Å². The van der Waals surface area contributed by atoms with Crippen LogP contribution in [0.2, 0.25) is 0 Å². The molecule has 0 spiro atoms. The molecule has 7 nitrogen and oxygen atoms in total. The molecule has 2 heterocycles. The van der Waals surface area contributed by atoms with Crippen molar-refractivity contribution in [2.75, 3.05) is 27.7 Å². The fraction of sp³-hybridized carbons (Fsp3) is 0.588. The molecule has 0 aliphatic heterocycles. The second-order valence-electron chi connectivity index (χ2n) is 6.55. The predicted octanol–water partition coefficient (Wildman–Crippen LogP) is 1.97. The van der Waals surface area contributed by atoms with Crippen LogP contribution in [0.4, 0.5) is 0 Å². The lowest BCUT2D eigenvalue weighted by Crippen LogP contribution is -2.41. The summed E-state index contributed by atoms with van der Waals surface area (Å²) in [5, 5.41) is 14.2. The SMILES string of the molecule is CN=C(NCc1nc(C(C)C)cs1)NCC(c1cnn(C)c1)N(C)C. The van der Waals surface area contributed by atoms with Crippen molar-refractivity contribution in [3.05, 3.63) is 34.0 Å². The van der Waals surface area contributed by atoms with Crippen molar-refractivity contribution >= 4 is 17.3 Å². The van der Waals surface area contributed by atoms with Gasteiger partial charge in [-0.05, 0) is 20.0 Å². The van der Waals surface area contributed by atoms with Gasteiger partial charge in [-0.25, -0.2) is 4.98 Å². The van der Waals surface area contributed by atoms with Crippen LogP contribution in [0.3, 0.4) is 0 Å². The van der Waals surface area contributed by atoms with Crippen LogP contribution in [0.15, 0.2) is 22.8 Å². The summed E-state index contributed by atoms with van der Waals surface area (Å²) in [6.07, 6.45) is 3.96. The van der Waals surface area contributed by atoms with E-state index in [9.17, 15) is 0 Å². The van der Waals surface area contributed by atoms with Crippen LogP contribution in [-0.4, -0.2) is 53.3 Å². The third kappa shape index (κ3) is 5.54. The van der Waals surface area contributed by atoms with Crippen molar-refractivity contribution < 1.29 is 0 Å². The molecule has 8 heteroatoms. The first kappa shape index (κ1) is 19.4. The highest BCUT2D eigenvalue weighted by Crippen LogP contribution is 2.18. The van der Waals surface area contributed by atoms with Crippen LogP contribution in [0, 0.1) is 0 Å². The number of guanidine groups is 1. The molecule has 0 radical (unpaired) electrons. The number of hydrogen-bond acceptors (Lipinski definition) is 5. The molecule has 0 aliphatic carbocycles. The van der Waals surface area contributed by atoms with E-state index in [2.05, 4.69) is 63.9 Å². The average molecular weight is 364 g/mol. The van der Waals surface area contributed by atoms with E-state index < -0.39 is 0 Å². The third-order valence-corrected chi connectivity index (χ3v) is 4.85. The Hall–Kier alpha value is -1.93. The average Bonchev–Trinajstić information content (AvgIpc) is 3.19. The number of nitrogens with zero attached hydrogens (tertiary/aromatic N) is 5. The topological polar surface area (TPSA) is 70.4 Å². The summed E-state index contributed by atoms with van der Waals surface area (Å²) in [4.78, 5) is 11.1. The number of rotatable bonds is 7. The summed E-state index contributed by atoms with van der Waals surface area (Å²) in [7, 11) is 7.85. The molecule has 0 fully saturated rings. The normalized spacial score (nSPS) is 13.5. The number of nitrogens with one attached hydrogen (secondary N) is 2. The summed E-state index contributed by atoms with van der Waals surface area (Å²) in [6, 6.07) is 0.222. The zero-order chi connectivity index (χ0) is 18.4. The Morgan fingerprint density at radius 3 is 2.64 bits per heavy atom. The van der Waals surface area contributed by atoms with E-state index in [1.54, 1.807) is 18.4 Å². The van der Waals surface area contributed by atoms with Crippen molar-refractivity contribution in [1.82, 2.24) is 30.3 Å². The van der Waals surface area contributed by atoms with Crippen LogP contribution in [0.25, 0.3) is 0 Å². The molecule has 0 saturated carbocycles. The van der Waals surface area contributed by atoms with Gasteiger partial charge in [-0.3, -0.25) is 9.67 Å². The molecule has 0 aliphatic rings. The molecule has 2 rings (SSSR count). The van der Waals surface area contributed by atoms with Gasteiger partial charge in [0.25, 0.3) is 0 Å². The number of aryl methyl sites for hydroxylation is 1. The van der Waals surface area contributed by atoms with E-state index in [0.29, 0.717) is 12.5 Å². The van der Waals surface area contributed by atoms with Crippen LogP contribution in [-0.2, 0) is 13.6 Å². The molecule has 2 N–H and O–H groups in total. The van der Waals surface area contributed by atoms with Gasteiger partial charge < -0.3 is 15.5 Å². The Kier molecular flexibility index (Phi) is 6.95.